The lowest BCUT2D eigenvalue weighted by atomic mass is 11.8. The zero-order chi connectivity index (χ0) is 3.58. The number of hydrogen-bond acceptors (Lipinski definition) is 0. The van der Waals surface area contributed by atoms with Crippen LogP contribution in [0.3, 0.4) is 0 Å². The van der Waals surface area contributed by atoms with Crippen molar-refractivity contribution in [2.24, 2.45) is 0 Å². The summed E-state index contributed by atoms with van der Waals surface area (Å²) in [5.74, 6) is 0. The average molecular weight is 90.2 g/mol. The molecule has 0 aliphatic rings. The molecule has 0 fully saturated rings. The van der Waals surface area contributed by atoms with Crippen LogP contribution in [0.2, 0.25) is 19.6 Å². The van der Waals surface area contributed by atoms with E-state index in [1.54, 1.807) is 0 Å². The number of rotatable bonds is 0. The first kappa shape index (κ1) is 8.95. The Kier molecular flexibility index (Phi) is 7.48. The second-order valence-corrected chi connectivity index (χ2v) is 5.20. The summed E-state index contributed by atoms with van der Waals surface area (Å²) >= 11 is 0. The summed E-state index contributed by atoms with van der Waals surface area (Å²) in [6.07, 6.45) is 0. The van der Waals surface area contributed by atoms with Crippen LogP contribution < -0.4 is 0 Å². The molecule has 0 heterocycles. The Labute approximate surface area is 34.9 Å². The van der Waals surface area contributed by atoms with E-state index in [0.29, 0.717) is 0 Å². The zero-order valence-corrected chi connectivity index (χ0v) is 5.14. The highest BCUT2D eigenvalue weighted by Crippen LogP contribution is 1.68. The van der Waals surface area contributed by atoms with E-state index in [0.717, 1.165) is 0 Å². The van der Waals surface area contributed by atoms with Crippen molar-refractivity contribution in [2.45, 2.75) is 19.6 Å². The van der Waals surface area contributed by atoms with Gasteiger partial charge in [0.2, 0.25) is 0 Å². The Bertz CT molecular complexity index is 11.6. The third kappa shape index (κ3) is 633. The minimum Gasteiger partial charge on any atom is -0.0724 e. The molecular weight excluding hydrogens is 80.1 g/mol. The van der Waals surface area contributed by atoms with Crippen LogP contribution >= 0.6 is 0 Å². The monoisotopic (exact) mass is 90.1 g/mol. The molecule has 0 aliphatic carbocycles. The third-order valence-electron chi connectivity index (χ3n) is 0. The molecule has 2 heteroatoms. The Hall–Kier alpha value is 0.177. The first-order valence-electron chi connectivity index (χ1n) is 1.73. The maximum Gasteiger partial charge on any atom is 0.0274 e. The van der Waals surface area contributed by atoms with Crippen molar-refractivity contribution in [1.82, 2.24) is 0 Å². The van der Waals surface area contributed by atoms with E-state index in [9.17, 15) is 0 Å². The van der Waals surface area contributed by atoms with Gasteiger partial charge in [-0.25, -0.2) is 0 Å². The highest BCUT2D eigenvalue weighted by atomic mass is 28.3. The fourth-order valence-corrected chi connectivity index (χ4v) is 0. The molecule has 0 aromatic heterocycles. The topological polar surface area (TPSA) is 28.5 Å². The van der Waals surface area contributed by atoms with E-state index in [-0.39, 0.29) is 14.3 Å². The van der Waals surface area contributed by atoms with Crippen LogP contribution in [0.5, 0.6) is 0 Å². The maximum absolute atomic E-state index is 2.31. The van der Waals surface area contributed by atoms with Crippen molar-refractivity contribution >= 4 is 8.80 Å². The van der Waals surface area contributed by atoms with Gasteiger partial charge in [0.15, 0.2) is 0 Å². The van der Waals surface area contributed by atoms with Crippen LogP contribution in [-0.2, 0) is 5.48 Å². The molecule has 0 atom stereocenters. The van der Waals surface area contributed by atoms with Crippen LogP contribution in [0.1, 0.15) is 0 Å². The molecule has 0 N–H and O–H groups in total. The highest BCUT2D eigenvalue weighted by Gasteiger charge is 1.71. The van der Waals surface area contributed by atoms with E-state index in [4.69, 9.17) is 0 Å². The summed E-state index contributed by atoms with van der Waals surface area (Å²) < 4.78 is 0. The predicted molar refractivity (Wildman–Crippen MR) is 25.4 cm³/mol. The van der Waals surface area contributed by atoms with E-state index in [1.165, 1.54) is 0 Å². The smallest absolute Gasteiger partial charge is 0.0274 e. The molecule has 0 unspecified atom stereocenters. The van der Waals surface area contributed by atoms with Gasteiger partial charge in [0.05, 0.1) is 0 Å². The summed E-state index contributed by atoms with van der Waals surface area (Å²) in [6, 6.07) is 0. The lowest BCUT2D eigenvalue weighted by molar-refractivity contribution is 0.686. The molecule has 5 heavy (non-hydrogen) atoms. The van der Waals surface area contributed by atoms with Gasteiger partial charge < -0.3 is 0 Å². The van der Waals surface area contributed by atoms with Crippen LogP contribution in [0.4, 0.5) is 0 Å². The zero-order valence-electron chi connectivity index (χ0n) is 3.99. The van der Waals surface area contributed by atoms with Gasteiger partial charge in [0, 0.05) is 14.3 Å². The minimum atomic E-state index is -0.139. The second-order valence-electron chi connectivity index (χ2n) is 1.73. The van der Waals surface area contributed by atoms with Gasteiger partial charge in [0.1, 0.15) is 0 Å². The van der Waals surface area contributed by atoms with Crippen LogP contribution in [0.15, 0.2) is 0 Å². The average Bonchev–Trinajstić information content (AvgIpc) is 0.811. The lowest BCUT2D eigenvalue weighted by Gasteiger charge is -1.75. The first-order valence-corrected chi connectivity index (χ1v) is 5.20. The van der Waals surface area contributed by atoms with Crippen LogP contribution in [0, 0.1) is 0 Å². The van der Waals surface area contributed by atoms with Gasteiger partial charge in [-0.15, -0.1) is 0 Å². The Morgan fingerprint density at radius 2 is 1.00 bits per heavy atom. The molecule has 1 nitrogen and oxygen atoms in total. The van der Waals surface area contributed by atoms with Crippen molar-refractivity contribution < 1.29 is 5.48 Å². The van der Waals surface area contributed by atoms with Gasteiger partial charge in [-0.3, -0.25) is 0 Å². The molecule has 0 aliphatic heterocycles. The van der Waals surface area contributed by atoms with E-state index in [1.807, 2.05) is 0 Å². The third-order valence-corrected chi connectivity index (χ3v) is 0. The van der Waals surface area contributed by atoms with E-state index in [2.05, 4.69) is 19.6 Å². The Balaban J connectivity index is 0. The second kappa shape index (κ2) is 4.18. The van der Waals surface area contributed by atoms with Crippen LogP contribution in [0.25, 0.3) is 0 Å². The predicted octanol–water partition coefficient (Wildman–Crippen LogP) is 0.984. The fraction of sp³-hybridized carbons (Fsp3) is 1.00. The summed E-state index contributed by atoms with van der Waals surface area (Å²) in [5.41, 5.74) is 0. The SMILES string of the molecule is C[SiH](C)C.[O]. The molecule has 0 rings (SSSR count). The molecule has 0 amide bonds. The normalized spacial score (nSPS) is 7.20. The number of hydrogen-bond donors (Lipinski definition) is 0. The standard InChI is InChI=1S/C3H10Si.O/c1-4(2)3;/h4H,1-3H3;. The van der Waals surface area contributed by atoms with Gasteiger partial charge in [-0.1, -0.05) is 19.6 Å². The summed E-state index contributed by atoms with van der Waals surface area (Å²) in [4.78, 5) is 0. The van der Waals surface area contributed by atoms with E-state index < -0.39 is 0 Å². The summed E-state index contributed by atoms with van der Waals surface area (Å²) in [6.45, 7) is 6.92. The first-order chi connectivity index (χ1) is 1.73. The largest absolute Gasteiger partial charge is 0.0724 e. The van der Waals surface area contributed by atoms with Gasteiger partial charge in [0.25, 0.3) is 0 Å². The quantitative estimate of drug-likeness (QED) is 0.397. The summed E-state index contributed by atoms with van der Waals surface area (Å²) in [7, 11) is -0.139. The molecule has 0 bridgehead atoms. The molecule has 0 saturated carbocycles. The molecule has 0 aromatic rings. The molecule has 0 aromatic carbocycles. The summed E-state index contributed by atoms with van der Waals surface area (Å²) in [5, 5.41) is 0. The molecular formula is C3H10OSi. The van der Waals surface area contributed by atoms with E-state index >= 15 is 0 Å². The van der Waals surface area contributed by atoms with Crippen molar-refractivity contribution in [1.29, 1.82) is 0 Å². The lowest BCUT2D eigenvalue weighted by Crippen LogP contribution is -1.84. The molecule has 0 saturated heterocycles. The molecule has 0 spiro atoms. The Morgan fingerprint density at radius 1 is 1.00 bits per heavy atom. The van der Waals surface area contributed by atoms with Crippen molar-refractivity contribution in [3.8, 4) is 0 Å². The Morgan fingerprint density at radius 3 is 1.00 bits per heavy atom. The van der Waals surface area contributed by atoms with Crippen molar-refractivity contribution in [3.05, 3.63) is 0 Å². The van der Waals surface area contributed by atoms with Crippen LogP contribution in [-0.4, -0.2) is 8.80 Å². The van der Waals surface area contributed by atoms with Gasteiger partial charge >= 0.3 is 0 Å². The fourth-order valence-electron chi connectivity index (χ4n) is 0. The van der Waals surface area contributed by atoms with Crippen molar-refractivity contribution in [2.75, 3.05) is 0 Å². The molecule has 32 valence electrons. The maximum atomic E-state index is 2.31. The van der Waals surface area contributed by atoms with Gasteiger partial charge in [-0.2, -0.15) is 0 Å². The molecule has 2 radical (unpaired) electrons. The highest BCUT2D eigenvalue weighted by molar-refractivity contribution is 6.54. The minimum absolute atomic E-state index is 0. The van der Waals surface area contributed by atoms with Gasteiger partial charge in [-0.05, 0) is 0 Å². The van der Waals surface area contributed by atoms with Crippen molar-refractivity contribution in [3.63, 3.8) is 0 Å².